The van der Waals surface area contributed by atoms with Crippen molar-refractivity contribution in [2.24, 2.45) is 11.5 Å². The molecular formula is C17H21ClN2O. The van der Waals surface area contributed by atoms with Crippen LogP contribution in [0.2, 0.25) is 5.02 Å². The van der Waals surface area contributed by atoms with Crippen molar-refractivity contribution >= 4 is 11.6 Å². The van der Waals surface area contributed by atoms with Crippen molar-refractivity contribution in [2.75, 3.05) is 6.54 Å². The second kappa shape index (κ2) is 7.46. The van der Waals surface area contributed by atoms with Gasteiger partial charge in [-0.1, -0.05) is 48.9 Å². The maximum absolute atomic E-state index is 6.17. The van der Waals surface area contributed by atoms with E-state index in [9.17, 15) is 0 Å². The molecule has 0 aliphatic rings. The SMILES string of the molecule is CCc1cc(Cl)ccc1OC(c1ccccc1)[C@@H](N)CN. The van der Waals surface area contributed by atoms with Crippen molar-refractivity contribution in [3.05, 3.63) is 64.7 Å². The highest BCUT2D eigenvalue weighted by atomic mass is 35.5. The smallest absolute Gasteiger partial charge is 0.140 e. The molecule has 2 atom stereocenters. The minimum absolute atomic E-state index is 0.271. The predicted molar refractivity (Wildman–Crippen MR) is 87.7 cm³/mol. The summed E-state index contributed by atoms with van der Waals surface area (Å²) < 4.78 is 6.17. The van der Waals surface area contributed by atoms with Gasteiger partial charge >= 0.3 is 0 Å². The van der Waals surface area contributed by atoms with Crippen molar-refractivity contribution < 1.29 is 4.74 Å². The number of aryl methyl sites for hydroxylation is 1. The van der Waals surface area contributed by atoms with Crippen LogP contribution in [0.4, 0.5) is 0 Å². The monoisotopic (exact) mass is 304 g/mol. The zero-order valence-corrected chi connectivity index (χ0v) is 12.9. The summed E-state index contributed by atoms with van der Waals surface area (Å²) in [6.45, 7) is 2.42. The van der Waals surface area contributed by atoms with E-state index in [-0.39, 0.29) is 12.1 Å². The van der Waals surface area contributed by atoms with Gasteiger partial charge in [0.1, 0.15) is 11.9 Å². The van der Waals surface area contributed by atoms with Gasteiger partial charge in [-0.3, -0.25) is 0 Å². The van der Waals surface area contributed by atoms with Gasteiger partial charge in [-0.05, 0) is 35.7 Å². The molecule has 0 spiro atoms. The molecule has 0 radical (unpaired) electrons. The molecule has 0 heterocycles. The van der Waals surface area contributed by atoms with Crippen molar-refractivity contribution in [2.45, 2.75) is 25.5 Å². The molecule has 0 bridgehead atoms. The molecular weight excluding hydrogens is 284 g/mol. The Labute approximate surface area is 130 Å². The Morgan fingerprint density at radius 2 is 1.86 bits per heavy atom. The summed E-state index contributed by atoms with van der Waals surface area (Å²) in [5, 5.41) is 0.707. The Morgan fingerprint density at radius 1 is 1.14 bits per heavy atom. The van der Waals surface area contributed by atoms with E-state index in [1.165, 1.54) is 0 Å². The molecule has 0 aliphatic heterocycles. The molecule has 1 unspecified atom stereocenters. The fourth-order valence-electron chi connectivity index (χ4n) is 2.25. The highest BCUT2D eigenvalue weighted by molar-refractivity contribution is 6.30. The normalized spacial score (nSPS) is 13.7. The Bertz CT molecular complexity index is 574. The lowest BCUT2D eigenvalue weighted by Crippen LogP contribution is -2.38. The molecule has 2 rings (SSSR count). The molecule has 21 heavy (non-hydrogen) atoms. The molecule has 0 aliphatic carbocycles. The van der Waals surface area contributed by atoms with Crippen molar-refractivity contribution in [1.29, 1.82) is 0 Å². The highest BCUT2D eigenvalue weighted by Gasteiger charge is 2.21. The number of hydrogen-bond donors (Lipinski definition) is 2. The lowest BCUT2D eigenvalue weighted by Gasteiger charge is -2.26. The fourth-order valence-corrected chi connectivity index (χ4v) is 2.44. The third-order valence-corrected chi connectivity index (χ3v) is 3.68. The van der Waals surface area contributed by atoms with Gasteiger partial charge in [0, 0.05) is 11.6 Å². The molecule has 0 aromatic heterocycles. The largest absolute Gasteiger partial charge is 0.484 e. The first-order chi connectivity index (χ1) is 10.2. The molecule has 2 aromatic carbocycles. The van der Waals surface area contributed by atoms with Crippen LogP contribution in [0.3, 0.4) is 0 Å². The summed E-state index contributed by atoms with van der Waals surface area (Å²) in [5.74, 6) is 0.805. The maximum Gasteiger partial charge on any atom is 0.140 e. The first kappa shape index (κ1) is 15.8. The lowest BCUT2D eigenvalue weighted by atomic mass is 10.0. The molecule has 0 saturated carbocycles. The van der Waals surface area contributed by atoms with Crippen molar-refractivity contribution in [3.63, 3.8) is 0 Å². The Kier molecular flexibility index (Phi) is 5.62. The lowest BCUT2D eigenvalue weighted by molar-refractivity contribution is 0.174. The molecule has 4 heteroatoms. The van der Waals surface area contributed by atoms with Gasteiger partial charge in [-0.15, -0.1) is 0 Å². The summed E-state index contributed by atoms with van der Waals surface area (Å²) in [5.41, 5.74) is 14.0. The van der Waals surface area contributed by atoms with E-state index >= 15 is 0 Å². The first-order valence-corrected chi connectivity index (χ1v) is 7.49. The van der Waals surface area contributed by atoms with Gasteiger partial charge in [0.15, 0.2) is 0 Å². The van der Waals surface area contributed by atoms with Gasteiger partial charge < -0.3 is 16.2 Å². The van der Waals surface area contributed by atoms with Gasteiger partial charge in [0.25, 0.3) is 0 Å². The average Bonchev–Trinajstić information content (AvgIpc) is 2.53. The molecule has 0 amide bonds. The number of nitrogens with two attached hydrogens (primary N) is 2. The van der Waals surface area contributed by atoms with Crippen LogP contribution in [0, 0.1) is 0 Å². The Morgan fingerprint density at radius 3 is 2.48 bits per heavy atom. The van der Waals surface area contributed by atoms with Crippen LogP contribution >= 0.6 is 11.6 Å². The zero-order chi connectivity index (χ0) is 15.2. The van der Waals surface area contributed by atoms with E-state index < -0.39 is 0 Å². The van der Waals surface area contributed by atoms with Gasteiger partial charge in [0.05, 0.1) is 6.04 Å². The summed E-state index contributed by atoms with van der Waals surface area (Å²) >= 11 is 6.04. The minimum atomic E-state index is -0.275. The number of benzene rings is 2. The topological polar surface area (TPSA) is 61.3 Å². The van der Waals surface area contributed by atoms with Crippen LogP contribution in [-0.4, -0.2) is 12.6 Å². The van der Waals surface area contributed by atoms with Gasteiger partial charge in [-0.25, -0.2) is 0 Å². The van der Waals surface area contributed by atoms with E-state index in [2.05, 4.69) is 6.92 Å². The first-order valence-electron chi connectivity index (χ1n) is 7.11. The van der Waals surface area contributed by atoms with E-state index in [0.29, 0.717) is 11.6 Å². The average molecular weight is 305 g/mol. The van der Waals surface area contributed by atoms with Crippen LogP contribution in [0.5, 0.6) is 5.75 Å². The third-order valence-electron chi connectivity index (χ3n) is 3.45. The van der Waals surface area contributed by atoms with E-state index in [1.807, 2.05) is 48.5 Å². The molecule has 112 valence electrons. The number of rotatable bonds is 6. The summed E-state index contributed by atoms with van der Waals surface area (Å²) in [4.78, 5) is 0. The second-order valence-electron chi connectivity index (χ2n) is 4.95. The van der Waals surface area contributed by atoms with Crippen LogP contribution in [0.25, 0.3) is 0 Å². The van der Waals surface area contributed by atoms with E-state index in [4.69, 9.17) is 27.8 Å². The van der Waals surface area contributed by atoms with E-state index in [1.54, 1.807) is 0 Å². The Hall–Kier alpha value is -1.55. The van der Waals surface area contributed by atoms with Crippen LogP contribution in [0.1, 0.15) is 24.2 Å². The van der Waals surface area contributed by atoms with Crippen LogP contribution in [-0.2, 0) is 6.42 Å². The molecule has 0 saturated heterocycles. The minimum Gasteiger partial charge on any atom is -0.484 e. The maximum atomic E-state index is 6.17. The highest BCUT2D eigenvalue weighted by Crippen LogP contribution is 2.29. The van der Waals surface area contributed by atoms with Crippen molar-refractivity contribution in [3.8, 4) is 5.75 Å². The number of hydrogen-bond acceptors (Lipinski definition) is 3. The number of ether oxygens (including phenoxy) is 1. The number of halogens is 1. The summed E-state index contributed by atoms with van der Waals surface area (Å²) in [7, 11) is 0. The molecule has 3 nitrogen and oxygen atoms in total. The third kappa shape index (κ3) is 3.97. The van der Waals surface area contributed by atoms with Crippen LogP contribution < -0.4 is 16.2 Å². The van der Waals surface area contributed by atoms with Crippen LogP contribution in [0.15, 0.2) is 48.5 Å². The summed E-state index contributed by atoms with van der Waals surface area (Å²) in [6.07, 6.45) is 0.567. The molecule has 4 N–H and O–H groups in total. The summed E-state index contributed by atoms with van der Waals surface area (Å²) in [6, 6.07) is 15.3. The quantitative estimate of drug-likeness (QED) is 0.860. The Balaban J connectivity index is 2.32. The standard InChI is InChI=1S/C17H21ClN2O/c1-2-12-10-14(18)8-9-16(12)21-17(15(20)11-19)13-6-4-3-5-7-13/h3-10,15,17H,2,11,19-20H2,1H3/t15-,17?/m0/s1. The van der Waals surface area contributed by atoms with Crippen molar-refractivity contribution in [1.82, 2.24) is 0 Å². The molecule has 2 aromatic rings. The predicted octanol–water partition coefficient (Wildman–Crippen LogP) is 3.31. The van der Waals surface area contributed by atoms with Gasteiger partial charge in [0.2, 0.25) is 0 Å². The molecule has 0 fully saturated rings. The fraction of sp³-hybridized carbons (Fsp3) is 0.294. The van der Waals surface area contributed by atoms with Gasteiger partial charge in [-0.2, -0.15) is 0 Å². The zero-order valence-electron chi connectivity index (χ0n) is 12.1. The van der Waals surface area contributed by atoms with E-state index in [0.717, 1.165) is 23.3 Å². The second-order valence-corrected chi connectivity index (χ2v) is 5.39.